The molecule has 1 aromatic carbocycles. The van der Waals surface area contributed by atoms with E-state index in [0.717, 1.165) is 25.2 Å². The van der Waals surface area contributed by atoms with E-state index in [-0.39, 0.29) is 5.82 Å². The number of rotatable bonds is 3. The summed E-state index contributed by atoms with van der Waals surface area (Å²) >= 11 is 0. The van der Waals surface area contributed by atoms with Crippen LogP contribution in [0.5, 0.6) is 0 Å². The molecule has 3 heteroatoms. The third-order valence-corrected chi connectivity index (χ3v) is 3.25. The van der Waals surface area contributed by atoms with Crippen LogP contribution in [0.25, 0.3) is 0 Å². The molecule has 88 valence electrons. The maximum absolute atomic E-state index is 12.9. The van der Waals surface area contributed by atoms with Crippen molar-refractivity contribution in [1.29, 1.82) is 0 Å². The highest BCUT2D eigenvalue weighted by Gasteiger charge is 2.37. The summed E-state index contributed by atoms with van der Waals surface area (Å²) in [4.78, 5) is 2.22. The van der Waals surface area contributed by atoms with E-state index in [1.54, 1.807) is 12.1 Å². The van der Waals surface area contributed by atoms with Gasteiger partial charge in [-0.2, -0.15) is 0 Å². The first-order chi connectivity index (χ1) is 7.45. The van der Waals surface area contributed by atoms with Crippen molar-refractivity contribution in [3.05, 3.63) is 35.6 Å². The van der Waals surface area contributed by atoms with Crippen molar-refractivity contribution in [2.75, 3.05) is 13.1 Å². The summed E-state index contributed by atoms with van der Waals surface area (Å²) in [5.41, 5.74) is 0.396. The van der Waals surface area contributed by atoms with E-state index in [1.807, 2.05) is 19.9 Å². The first-order valence-electron chi connectivity index (χ1n) is 5.64. The Morgan fingerprint density at radius 2 is 2.12 bits per heavy atom. The molecule has 0 spiro atoms. The van der Waals surface area contributed by atoms with Crippen LogP contribution in [0.3, 0.4) is 0 Å². The van der Waals surface area contributed by atoms with Gasteiger partial charge in [-0.1, -0.05) is 12.1 Å². The molecule has 1 aromatic rings. The third kappa shape index (κ3) is 2.60. The van der Waals surface area contributed by atoms with Crippen molar-refractivity contribution in [2.45, 2.75) is 26.0 Å². The van der Waals surface area contributed by atoms with Crippen molar-refractivity contribution >= 4 is 0 Å². The van der Waals surface area contributed by atoms with Gasteiger partial charge in [-0.15, -0.1) is 0 Å². The van der Waals surface area contributed by atoms with E-state index in [9.17, 15) is 9.50 Å². The zero-order valence-electron chi connectivity index (χ0n) is 9.78. The van der Waals surface area contributed by atoms with Crippen LogP contribution in [0.15, 0.2) is 24.3 Å². The van der Waals surface area contributed by atoms with E-state index in [1.165, 1.54) is 6.07 Å². The minimum Gasteiger partial charge on any atom is -0.390 e. The van der Waals surface area contributed by atoms with Gasteiger partial charge in [0.15, 0.2) is 0 Å². The molecule has 0 radical (unpaired) electrons. The summed E-state index contributed by atoms with van der Waals surface area (Å²) in [7, 11) is 0. The minimum absolute atomic E-state index is 0.183. The van der Waals surface area contributed by atoms with Gasteiger partial charge >= 0.3 is 0 Å². The summed E-state index contributed by atoms with van der Waals surface area (Å²) in [6.07, 6.45) is 0. The van der Waals surface area contributed by atoms with E-state index in [4.69, 9.17) is 0 Å². The highest BCUT2D eigenvalue weighted by Crippen LogP contribution is 2.28. The Labute approximate surface area is 95.7 Å². The molecule has 0 atom stereocenters. The van der Waals surface area contributed by atoms with Crippen molar-refractivity contribution in [1.82, 2.24) is 4.90 Å². The zero-order valence-corrected chi connectivity index (χ0v) is 9.78. The monoisotopic (exact) mass is 223 g/mol. The number of hydrogen-bond donors (Lipinski definition) is 1. The van der Waals surface area contributed by atoms with Crippen LogP contribution in [0.4, 0.5) is 4.39 Å². The fourth-order valence-corrected chi connectivity index (χ4v) is 2.04. The van der Waals surface area contributed by atoms with E-state index < -0.39 is 5.60 Å². The lowest BCUT2D eigenvalue weighted by Crippen LogP contribution is -2.55. The van der Waals surface area contributed by atoms with Crippen LogP contribution in [-0.2, 0) is 6.54 Å². The van der Waals surface area contributed by atoms with Crippen LogP contribution in [0.2, 0.25) is 0 Å². The smallest absolute Gasteiger partial charge is 0.123 e. The van der Waals surface area contributed by atoms with E-state index in [2.05, 4.69) is 4.90 Å². The Bertz CT molecular complexity index is 366. The molecule has 1 aliphatic rings. The quantitative estimate of drug-likeness (QED) is 0.847. The van der Waals surface area contributed by atoms with Crippen molar-refractivity contribution in [2.24, 2.45) is 5.92 Å². The first kappa shape index (κ1) is 11.6. The highest BCUT2D eigenvalue weighted by atomic mass is 19.1. The van der Waals surface area contributed by atoms with Gasteiger partial charge in [0.1, 0.15) is 5.82 Å². The summed E-state index contributed by atoms with van der Waals surface area (Å²) in [6.45, 7) is 6.23. The molecule has 1 fully saturated rings. The lowest BCUT2D eigenvalue weighted by atomic mass is 9.84. The summed E-state index contributed by atoms with van der Waals surface area (Å²) < 4.78 is 12.9. The largest absolute Gasteiger partial charge is 0.390 e. The van der Waals surface area contributed by atoms with Crippen LogP contribution in [0.1, 0.15) is 19.4 Å². The number of nitrogens with zero attached hydrogens (tertiary/aromatic N) is 1. The molecule has 1 aliphatic heterocycles. The second-order valence-electron chi connectivity index (χ2n) is 5.17. The van der Waals surface area contributed by atoms with Crippen LogP contribution >= 0.6 is 0 Å². The van der Waals surface area contributed by atoms with Gasteiger partial charge in [0.2, 0.25) is 0 Å². The zero-order chi connectivity index (χ0) is 11.8. The van der Waals surface area contributed by atoms with Crippen molar-refractivity contribution in [3.63, 3.8) is 0 Å². The molecule has 2 nitrogen and oxygen atoms in total. The molecule has 2 rings (SSSR count). The van der Waals surface area contributed by atoms with Gasteiger partial charge in [0.05, 0.1) is 5.60 Å². The minimum atomic E-state index is -0.599. The van der Waals surface area contributed by atoms with Crippen LogP contribution < -0.4 is 0 Å². The van der Waals surface area contributed by atoms with Crippen molar-refractivity contribution < 1.29 is 9.50 Å². The molecule has 0 aliphatic carbocycles. The Hall–Kier alpha value is -0.930. The predicted octanol–water partition coefficient (Wildman–Crippen LogP) is 2.03. The highest BCUT2D eigenvalue weighted by molar-refractivity contribution is 5.16. The molecule has 0 unspecified atom stereocenters. The summed E-state index contributed by atoms with van der Waals surface area (Å²) in [5.74, 6) is 0.151. The summed E-state index contributed by atoms with van der Waals surface area (Å²) in [5, 5.41) is 9.78. The van der Waals surface area contributed by atoms with Crippen LogP contribution in [0, 0.1) is 11.7 Å². The lowest BCUT2D eigenvalue weighted by Gasteiger charge is -2.45. The van der Waals surface area contributed by atoms with Gasteiger partial charge in [-0.3, -0.25) is 4.90 Å². The fraction of sp³-hybridized carbons (Fsp3) is 0.538. The number of hydrogen-bond acceptors (Lipinski definition) is 2. The maximum atomic E-state index is 12.9. The lowest BCUT2D eigenvalue weighted by molar-refractivity contribution is -0.0648. The second kappa shape index (κ2) is 4.15. The van der Waals surface area contributed by atoms with Gasteiger partial charge < -0.3 is 5.11 Å². The van der Waals surface area contributed by atoms with Crippen molar-refractivity contribution in [3.8, 4) is 0 Å². The Balaban J connectivity index is 1.86. The van der Waals surface area contributed by atoms with Crippen LogP contribution in [-0.4, -0.2) is 28.7 Å². The molecule has 0 saturated carbocycles. The topological polar surface area (TPSA) is 23.5 Å². The third-order valence-electron chi connectivity index (χ3n) is 3.25. The average molecular weight is 223 g/mol. The standard InChI is InChI=1S/C13H18FNO/c1-13(2,16)11-8-15(9-11)7-10-4-3-5-12(14)6-10/h3-6,11,16H,7-9H2,1-2H3. The molecule has 16 heavy (non-hydrogen) atoms. The van der Waals surface area contributed by atoms with Gasteiger partial charge in [-0.25, -0.2) is 4.39 Å². The Morgan fingerprint density at radius 3 is 2.69 bits per heavy atom. The second-order valence-corrected chi connectivity index (χ2v) is 5.17. The van der Waals surface area contributed by atoms with Gasteiger partial charge in [0.25, 0.3) is 0 Å². The predicted molar refractivity (Wildman–Crippen MR) is 61.5 cm³/mol. The maximum Gasteiger partial charge on any atom is 0.123 e. The Kier molecular flexibility index (Phi) is 3.00. The molecule has 1 saturated heterocycles. The molecule has 0 bridgehead atoms. The molecular weight excluding hydrogens is 205 g/mol. The number of halogens is 1. The number of aliphatic hydroxyl groups is 1. The van der Waals surface area contributed by atoms with Gasteiger partial charge in [-0.05, 0) is 31.5 Å². The fourth-order valence-electron chi connectivity index (χ4n) is 2.04. The normalized spacial score (nSPS) is 18.5. The number of likely N-dealkylation sites (tertiary alicyclic amines) is 1. The molecule has 0 aromatic heterocycles. The van der Waals surface area contributed by atoms with Gasteiger partial charge in [0, 0.05) is 25.6 Å². The van der Waals surface area contributed by atoms with E-state index >= 15 is 0 Å². The molecule has 1 N–H and O–H groups in total. The first-order valence-corrected chi connectivity index (χ1v) is 5.64. The molecule has 1 heterocycles. The Morgan fingerprint density at radius 1 is 1.44 bits per heavy atom. The molecule has 0 amide bonds. The average Bonchev–Trinajstić information content (AvgIpc) is 2.08. The van der Waals surface area contributed by atoms with E-state index in [0.29, 0.717) is 5.92 Å². The molecular formula is C13H18FNO. The number of benzene rings is 1. The summed E-state index contributed by atoms with van der Waals surface area (Å²) in [6, 6.07) is 6.69. The SMILES string of the molecule is CC(C)(O)C1CN(Cc2cccc(F)c2)C1.